The molecule has 35 heavy (non-hydrogen) atoms. The topological polar surface area (TPSA) is 105 Å². The number of nitrogens with zero attached hydrogens (tertiary/aromatic N) is 2. The van der Waals surface area contributed by atoms with Crippen LogP contribution in [0.25, 0.3) is 11.1 Å². The van der Waals surface area contributed by atoms with Crippen molar-refractivity contribution >= 4 is 39.1 Å². The molecule has 1 N–H and O–H groups in total. The van der Waals surface area contributed by atoms with Crippen molar-refractivity contribution in [3.63, 3.8) is 0 Å². The molecular weight excluding hydrogens is 470 g/mol. The predicted octanol–water partition coefficient (Wildman–Crippen LogP) is 3.99. The van der Waals surface area contributed by atoms with Gasteiger partial charge in [0.2, 0.25) is 15.9 Å². The highest BCUT2D eigenvalue weighted by Crippen LogP contribution is 2.39. The summed E-state index contributed by atoms with van der Waals surface area (Å²) in [7, 11) is -3.36. The van der Waals surface area contributed by atoms with Gasteiger partial charge in [-0.25, -0.2) is 13.2 Å². The van der Waals surface area contributed by atoms with E-state index in [0.717, 1.165) is 11.1 Å². The van der Waals surface area contributed by atoms with Gasteiger partial charge in [0.25, 0.3) is 0 Å². The van der Waals surface area contributed by atoms with Gasteiger partial charge in [0.1, 0.15) is 6.10 Å². The summed E-state index contributed by atoms with van der Waals surface area (Å²) in [6, 6.07) is 12.4. The molecule has 1 unspecified atom stereocenters. The summed E-state index contributed by atoms with van der Waals surface area (Å²) in [5, 5.41) is 0. The van der Waals surface area contributed by atoms with Crippen LogP contribution in [0.3, 0.4) is 0 Å². The minimum absolute atomic E-state index is 0.00946. The number of sulfonamides is 1. The molecule has 0 spiro atoms. The van der Waals surface area contributed by atoms with Crippen LogP contribution in [-0.4, -0.2) is 58.1 Å². The van der Waals surface area contributed by atoms with E-state index in [2.05, 4.69) is 4.72 Å². The highest BCUT2D eigenvalue weighted by atomic mass is 32.2. The van der Waals surface area contributed by atoms with Crippen LogP contribution in [0.1, 0.15) is 33.6 Å². The minimum Gasteiger partial charge on any atom is -0.446 e. The molecule has 0 aromatic heterocycles. The quantitative estimate of drug-likeness (QED) is 0.664. The van der Waals surface area contributed by atoms with Gasteiger partial charge in [-0.15, -0.1) is 0 Å². The number of benzene rings is 2. The number of hydrogen-bond donors (Lipinski definition) is 1. The fraction of sp³-hybridized carbons (Fsp3) is 0.440. The van der Waals surface area contributed by atoms with Gasteiger partial charge in [-0.1, -0.05) is 18.2 Å². The van der Waals surface area contributed by atoms with Gasteiger partial charge in [0.15, 0.2) is 0 Å². The monoisotopic (exact) mass is 501 g/mol. The minimum atomic E-state index is -3.36. The van der Waals surface area contributed by atoms with E-state index < -0.39 is 16.1 Å². The molecule has 2 aliphatic heterocycles. The first kappa shape index (κ1) is 25.0. The summed E-state index contributed by atoms with van der Waals surface area (Å²) in [6.07, 6.45) is 0.698. The molecule has 10 heteroatoms. The third-order valence-electron chi connectivity index (χ3n) is 6.28. The molecule has 2 aromatic carbocycles. The van der Waals surface area contributed by atoms with Gasteiger partial charge < -0.3 is 14.4 Å². The van der Waals surface area contributed by atoms with Crippen molar-refractivity contribution in [3.05, 3.63) is 42.5 Å². The number of hydrogen-bond acceptors (Lipinski definition) is 6. The number of anilines is 3. The highest BCUT2D eigenvalue weighted by Gasteiger charge is 2.35. The van der Waals surface area contributed by atoms with Crippen LogP contribution in [0.2, 0.25) is 0 Å². The Bertz CT molecular complexity index is 1190. The third kappa shape index (κ3) is 5.59. The first-order valence-corrected chi connectivity index (χ1v) is 13.4. The summed E-state index contributed by atoms with van der Waals surface area (Å²) >= 11 is 0. The molecule has 1 saturated heterocycles. The second kappa shape index (κ2) is 10.2. The zero-order chi connectivity index (χ0) is 25.2. The van der Waals surface area contributed by atoms with E-state index in [-0.39, 0.29) is 23.8 Å². The normalized spacial score (nSPS) is 18.7. The number of fused-ring (bicyclic) bond motifs is 1. The van der Waals surface area contributed by atoms with Gasteiger partial charge >= 0.3 is 6.09 Å². The van der Waals surface area contributed by atoms with Crippen molar-refractivity contribution in [1.29, 1.82) is 0 Å². The van der Waals surface area contributed by atoms with Gasteiger partial charge in [0.05, 0.1) is 36.4 Å². The first-order valence-electron chi connectivity index (χ1n) is 11.8. The Morgan fingerprint density at radius 3 is 2.34 bits per heavy atom. The lowest BCUT2D eigenvalue weighted by atomic mass is 10.0. The number of ether oxygens (including phenoxy) is 2. The van der Waals surface area contributed by atoms with Crippen LogP contribution < -0.4 is 14.5 Å². The zero-order valence-electron chi connectivity index (χ0n) is 20.2. The van der Waals surface area contributed by atoms with E-state index in [1.807, 2.05) is 37.3 Å². The molecule has 1 fully saturated rings. The summed E-state index contributed by atoms with van der Waals surface area (Å²) in [5.74, 6) is -0.110. The molecule has 1 atom stereocenters. The molecule has 0 radical (unpaired) electrons. The lowest BCUT2D eigenvalue weighted by Crippen LogP contribution is -2.52. The average molecular weight is 502 g/mol. The average Bonchev–Trinajstić information content (AvgIpc) is 2.84. The fourth-order valence-corrected chi connectivity index (χ4v) is 5.08. The molecule has 2 amide bonds. The Balaban J connectivity index is 1.65. The zero-order valence-corrected chi connectivity index (χ0v) is 21.0. The molecule has 0 aliphatic carbocycles. The fourth-order valence-electron chi connectivity index (χ4n) is 4.44. The van der Waals surface area contributed by atoms with E-state index in [4.69, 9.17) is 9.47 Å². The lowest BCUT2D eigenvalue weighted by molar-refractivity contribution is -0.117. The number of rotatable bonds is 5. The van der Waals surface area contributed by atoms with Gasteiger partial charge in [-0.05, 0) is 49.2 Å². The molecule has 4 rings (SSSR count). The first-order chi connectivity index (χ1) is 16.7. The summed E-state index contributed by atoms with van der Waals surface area (Å²) in [4.78, 5) is 28.9. The standard InChI is InChI=1S/C25H31N3O6S/c1-4-35(31,32)26-21-8-5-19(6-9-21)20-7-10-23-24(15-20)27(16-17(2)28(23)18(3)29)25(30)34-22-11-13-33-14-12-22/h5-10,15,17,22,26H,4,11-14,16H2,1-3H3. The Kier molecular flexibility index (Phi) is 7.32. The molecular formula is C25H31N3O6S. The third-order valence-corrected chi connectivity index (χ3v) is 7.59. The SMILES string of the molecule is CCS(=O)(=O)Nc1ccc(-c2ccc3c(c2)N(C(=O)OC2CCOCC2)CC(C)N3C(C)=O)cc1. The van der Waals surface area contributed by atoms with Crippen LogP contribution in [0.4, 0.5) is 21.9 Å². The largest absolute Gasteiger partial charge is 0.446 e. The van der Waals surface area contributed by atoms with E-state index >= 15 is 0 Å². The Morgan fingerprint density at radius 1 is 1.06 bits per heavy atom. The molecule has 2 aromatic rings. The Labute approximate surface area is 206 Å². The van der Waals surface area contributed by atoms with E-state index in [9.17, 15) is 18.0 Å². The van der Waals surface area contributed by atoms with Crippen LogP contribution in [0, 0.1) is 0 Å². The van der Waals surface area contributed by atoms with Crippen molar-refractivity contribution in [3.8, 4) is 11.1 Å². The molecule has 188 valence electrons. The summed E-state index contributed by atoms with van der Waals surface area (Å²) in [6.45, 7) is 6.45. The highest BCUT2D eigenvalue weighted by molar-refractivity contribution is 7.92. The van der Waals surface area contributed by atoms with Crippen LogP contribution in [-0.2, 0) is 24.3 Å². The predicted molar refractivity (Wildman–Crippen MR) is 135 cm³/mol. The second-order valence-electron chi connectivity index (χ2n) is 8.83. The van der Waals surface area contributed by atoms with E-state index in [1.54, 1.807) is 28.9 Å². The summed E-state index contributed by atoms with van der Waals surface area (Å²) < 4.78 is 37.4. The van der Waals surface area contributed by atoms with Crippen molar-refractivity contribution in [2.75, 3.05) is 40.0 Å². The number of carbonyl (C=O) groups is 2. The number of amides is 2. The summed E-state index contributed by atoms with van der Waals surface area (Å²) in [5.41, 5.74) is 3.40. The van der Waals surface area contributed by atoms with E-state index in [0.29, 0.717) is 49.7 Å². The van der Waals surface area contributed by atoms with Crippen molar-refractivity contribution in [2.45, 2.75) is 45.8 Å². The maximum absolute atomic E-state index is 13.2. The van der Waals surface area contributed by atoms with Crippen molar-refractivity contribution < 1.29 is 27.5 Å². The molecule has 2 heterocycles. The molecule has 2 aliphatic rings. The molecule has 0 saturated carbocycles. The van der Waals surface area contributed by atoms with Crippen LogP contribution in [0.15, 0.2) is 42.5 Å². The number of carbonyl (C=O) groups excluding carboxylic acids is 2. The Hall–Kier alpha value is -3.11. The van der Waals surface area contributed by atoms with Gasteiger partial charge in [-0.2, -0.15) is 0 Å². The van der Waals surface area contributed by atoms with Gasteiger partial charge in [0, 0.05) is 32.0 Å². The van der Waals surface area contributed by atoms with Crippen LogP contribution >= 0.6 is 0 Å². The van der Waals surface area contributed by atoms with Crippen LogP contribution in [0.5, 0.6) is 0 Å². The smallest absolute Gasteiger partial charge is 0.414 e. The van der Waals surface area contributed by atoms with Crippen molar-refractivity contribution in [1.82, 2.24) is 0 Å². The van der Waals surface area contributed by atoms with E-state index in [1.165, 1.54) is 6.92 Å². The maximum Gasteiger partial charge on any atom is 0.414 e. The number of nitrogens with one attached hydrogen (secondary N) is 1. The van der Waals surface area contributed by atoms with Gasteiger partial charge in [-0.3, -0.25) is 14.4 Å². The molecule has 0 bridgehead atoms. The van der Waals surface area contributed by atoms with Crippen molar-refractivity contribution in [2.24, 2.45) is 0 Å². The lowest BCUT2D eigenvalue weighted by Gasteiger charge is -2.41. The molecule has 9 nitrogen and oxygen atoms in total. The Morgan fingerprint density at radius 2 is 1.71 bits per heavy atom. The second-order valence-corrected chi connectivity index (χ2v) is 10.8. The maximum atomic E-state index is 13.2.